The van der Waals surface area contributed by atoms with Crippen LogP contribution in [0.25, 0.3) is 0 Å². The summed E-state index contributed by atoms with van der Waals surface area (Å²) in [4.78, 5) is 11.9. The number of aliphatic hydroxyl groups excluding tert-OH is 1. The lowest BCUT2D eigenvalue weighted by atomic mass is 10.4. The Morgan fingerprint density at radius 1 is 1.29 bits per heavy atom. The van der Waals surface area contributed by atoms with E-state index in [0.29, 0.717) is 15.6 Å². The van der Waals surface area contributed by atoms with Gasteiger partial charge in [-0.15, -0.1) is 0 Å². The first-order chi connectivity index (χ1) is 9.53. The monoisotopic (exact) mass is 319 g/mol. The summed E-state index contributed by atoms with van der Waals surface area (Å²) >= 11 is 0. The lowest BCUT2D eigenvalue weighted by molar-refractivity contribution is -0.162. The lowest BCUT2D eigenvalue weighted by Crippen LogP contribution is -2.42. The van der Waals surface area contributed by atoms with Crippen LogP contribution in [0, 0.1) is 0 Å². The smallest absolute Gasteiger partial charge is 0.395 e. The van der Waals surface area contributed by atoms with E-state index in [1.54, 1.807) is 0 Å². The Balaban J connectivity index is 2.75. The number of rotatable bonds is 5. The second kappa shape index (κ2) is 6.33. The molecule has 0 spiro atoms. The Hall–Kier alpha value is -1.78. The normalized spacial score (nSPS) is 12.5. The summed E-state index contributed by atoms with van der Waals surface area (Å²) in [6.07, 6.45) is -8.54. The van der Waals surface area contributed by atoms with Gasteiger partial charge in [0.05, 0.1) is 6.61 Å². The SMILES string of the molecule is O=C(Cn1ccc(C(F)(F)F)n1)N(CCO)CC(F)(F)F. The highest BCUT2D eigenvalue weighted by Gasteiger charge is 2.35. The van der Waals surface area contributed by atoms with Gasteiger partial charge in [0.15, 0.2) is 5.69 Å². The van der Waals surface area contributed by atoms with E-state index in [2.05, 4.69) is 5.10 Å². The fourth-order valence-electron chi connectivity index (χ4n) is 1.47. The third kappa shape index (κ3) is 5.61. The highest BCUT2D eigenvalue weighted by atomic mass is 19.4. The van der Waals surface area contributed by atoms with Crippen molar-refractivity contribution in [2.45, 2.75) is 18.9 Å². The molecule has 0 aliphatic rings. The van der Waals surface area contributed by atoms with Crippen LogP contribution < -0.4 is 0 Å². The molecule has 21 heavy (non-hydrogen) atoms. The molecule has 1 amide bonds. The van der Waals surface area contributed by atoms with Gasteiger partial charge in [-0.3, -0.25) is 9.48 Å². The number of amides is 1. The molecule has 0 unspecified atom stereocenters. The van der Waals surface area contributed by atoms with Gasteiger partial charge in [-0.25, -0.2) is 0 Å². The van der Waals surface area contributed by atoms with Crippen molar-refractivity contribution in [1.29, 1.82) is 0 Å². The third-order valence-corrected chi connectivity index (χ3v) is 2.32. The molecule has 0 atom stereocenters. The quantitative estimate of drug-likeness (QED) is 0.832. The molecular formula is C10H11F6N3O2. The Morgan fingerprint density at radius 3 is 2.33 bits per heavy atom. The molecule has 0 fully saturated rings. The van der Waals surface area contributed by atoms with E-state index in [1.807, 2.05) is 0 Å². The summed E-state index contributed by atoms with van der Waals surface area (Å²) in [5.74, 6) is -1.10. The van der Waals surface area contributed by atoms with Gasteiger partial charge in [0, 0.05) is 12.7 Å². The second-order valence-corrected chi connectivity index (χ2v) is 4.05. The van der Waals surface area contributed by atoms with Gasteiger partial charge in [-0.2, -0.15) is 31.4 Å². The van der Waals surface area contributed by atoms with E-state index < -0.39 is 50.2 Å². The molecule has 0 aliphatic carbocycles. The minimum absolute atomic E-state index is 0.301. The number of carbonyl (C=O) groups is 1. The topological polar surface area (TPSA) is 58.4 Å². The summed E-state index contributed by atoms with van der Waals surface area (Å²) in [5.41, 5.74) is -1.25. The maximum absolute atomic E-state index is 12.3. The van der Waals surface area contributed by atoms with Crippen LogP contribution in [-0.2, 0) is 17.5 Å². The Morgan fingerprint density at radius 2 is 1.90 bits per heavy atom. The van der Waals surface area contributed by atoms with Gasteiger partial charge in [0.25, 0.3) is 0 Å². The zero-order chi connectivity index (χ0) is 16.3. The lowest BCUT2D eigenvalue weighted by Gasteiger charge is -2.23. The van der Waals surface area contributed by atoms with Crippen molar-refractivity contribution >= 4 is 5.91 Å². The summed E-state index contributed by atoms with van der Waals surface area (Å²) in [5, 5.41) is 11.7. The fourth-order valence-corrected chi connectivity index (χ4v) is 1.47. The average Bonchev–Trinajstić information content (AvgIpc) is 2.74. The first-order valence-electron chi connectivity index (χ1n) is 5.59. The standard InChI is InChI=1S/C10H11F6N3O2/c11-9(12,13)6-18(3-4-20)8(21)5-19-2-1-7(17-19)10(14,15)16/h1-2,20H,3-6H2. The van der Waals surface area contributed by atoms with Gasteiger partial charge in [0.2, 0.25) is 5.91 Å². The predicted molar refractivity (Wildman–Crippen MR) is 56.9 cm³/mol. The van der Waals surface area contributed by atoms with E-state index in [1.165, 1.54) is 0 Å². The summed E-state index contributed by atoms with van der Waals surface area (Å²) in [7, 11) is 0. The van der Waals surface area contributed by atoms with Crippen molar-refractivity contribution in [3.05, 3.63) is 18.0 Å². The van der Waals surface area contributed by atoms with Crippen LogP contribution in [0.5, 0.6) is 0 Å². The van der Waals surface area contributed by atoms with Crippen molar-refractivity contribution in [1.82, 2.24) is 14.7 Å². The molecular weight excluding hydrogens is 308 g/mol. The van der Waals surface area contributed by atoms with Crippen LogP contribution in [0.2, 0.25) is 0 Å². The average molecular weight is 319 g/mol. The summed E-state index contributed by atoms with van der Waals surface area (Å²) < 4.78 is 74.2. The van der Waals surface area contributed by atoms with Gasteiger partial charge >= 0.3 is 12.4 Å². The van der Waals surface area contributed by atoms with Crippen LogP contribution in [0.3, 0.4) is 0 Å². The molecule has 0 saturated heterocycles. The van der Waals surface area contributed by atoms with E-state index in [4.69, 9.17) is 5.11 Å². The molecule has 0 aromatic carbocycles. The molecule has 11 heteroatoms. The van der Waals surface area contributed by atoms with Crippen molar-refractivity contribution in [3.63, 3.8) is 0 Å². The fraction of sp³-hybridized carbons (Fsp3) is 0.600. The van der Waals surface area contributed by atoms with Crippen molar-refractivity contribution in [2.24, 2.45) is 0 Å². The van der Waals surface area contributed by atoms with E-state index in [9.17, 15) is 31.1 Å². The summed E-state index contributed by atoms with van der Waals surface area (Å²) in [6, 6.07) is 0.605. The number of hydrogen-bond acceptors (Lipinski definition) is 3. The molecule has 0 saturated carbocycles. The molecule has 0 bridgehead atoms. The molecule has 1 rings (SSSR count). The van der Waals surface area contributed by atoms with Crippen molar-refractivity contribution in [2.75, 3.05) is 19.7 Å². The van der Waals surface area contributed by atoms with Gasteiger partial charge in [-0.05, 0) is 6.07 Å². The van der Waals surface area contributed by atoms with Crippen LogP contribution in [0.4, 0.5) is 26.3 Å². The van der Waals surface area contributed by atoms with Gasteiger partial charge in [0.1, 0.15) is 13.1 Å². The van der Waals surface area contributed by atoms with E-state index >= 15 is 0 Å². The van der Waals surface area contributed by atoms with E-state index in [-0.39, 0.29) is 0 Å². The maximum Gasteiger partial charge on any atom is 0.435 e. The zero-order valence-corrected chi connectivity index (χ0v) is 10.4. The molecule has 1 aromatic rings. The first-order valence-corrected chi connectivity index (χ1v) is 5.59. The molecule has 1 N–H and O–H groups in total. The predicted octanol–water partition coefficient (Wildman–Crippen LogP) is 1.29. The number of halogens is 6. The van der Waals surface area contributed by atoms with Crippen molar-refractivity contribution in [3.8, 4) is 0 Å². The Bertz CT molecular complexity index is 482. The maximum atomic E-state index is 12.3. The molecule has 0 radical (unpaired) electrons. The van der Waals surface area contributed by atoms with Crippen LogP contribution in [0.1, 0.15) is 5.69 Å². The molecule has 120 valence electrons. The number of carbonyl (C=O) groups excluding carboxylic acids is 1. The van der Waals surface area contributed by atoms with Crippen LogP contribution in [0.15, 0.2) is 12.3 Å². The highest BCUT2D eigenvalue weighted by Crippen LogP contribution is 2.27. The number of hydrogen-bond donors (Lipinski definition) is 1. The molecule has 0 aliphatic heterocycles. The number of alkyl halides is 6. The minimum atomic E-state index is -4.70. The van der Waals surface area contributed by atoms with E-state index in [0.717, 1.165) is 6.20 Å². The third-order valence-electron chi connectivity index (χ3n) is 2.32. The first kappa shape index (κ1) is 17.3. The molecule has 5 nitrogen and oxygen atoms in total. The van der Waals surface area contributed by atoms with Gasteiger partial charge in [-0.1, -0.05) is 0 Å². The number of nitrogens with zero attached hydrogens (tertiary/aromatic N) is 3. The number of aromatic nitrogens is 2. The Labute approximate surface area is 114 Å². The minimum Gasteiger partial charge on any atom is -0.395 e. The summed E-state index contributed by atoms with van der Waals surface area (Å²) in [6.45, 7) is -3.66. The molecule has 1 heterocycles. The second-order valence-electron chi connectivity index (χ2n) is 4.05. The Kier molecular flexibility index (Phi) is 5.20. The zero-order valence-electron chi connectivity index (χ0n) is 10.4. The van der Waals surface area contributed by atoms with Crippen LogP contribution >= 0.6 is 0 Å². The molecule has 1 aromatic heterocycles. The van der Waals surface area contributed by atoms with Crippen LogP contribution in [-0.4, -0.2) is 51.6 Å². The largest absolute Gasteiger partial charge is 0.435 e. The van der Waals surface area contributed by atoms with Gasteiger partial charge < -0.3 is 10.0 Å². The number of aliphatic hydroxyl groups is 1. The van der Waals surface area contributed by atoms with Crippen molar-refractivity contribution < 1.29 is 36.2 Å². The highest BCUT2D eigenvalue weighted by molar-refractivity contribution is 5.76.